The lowest BCUT2D eigenvalue weighted by atomic mass is 10.1. The Kier molecular flexibility index (Phi) is 6.84. The van der Waals surface area contributed by atoms with Crippen LogP contribution in [0.25, 0.3) is 0 Å². The van der Waals surface area contributed by atoms with Crippen LogP contribution in [-0.2, 0) is 0 Å². The Morgan fingerprint density at radius 3 is 2.47 bits per heavy atom. The highest BCUT2D eigenvalue weighted by atomic mass is 16.5. The third-order valence-electron chi connectivity index (χ3n) is 2.94. The van der Waals surface area contributed by atoms with E-state index in [0.717, 1.165) is 30.0 Å². The van der Waals surface area contributed by atoms with E-state index in [-0.39, 0.29) is 0 Å². The average Bonchev–Trinajstić information content (AvgIpc) is 2.34. The number of likely N-dealkylation sites (N-methyl/N-ethyl adjacent to an activating group) is 1. The van der Waals surface area contributed by atoms with E-state index in [2.05, 4.69) is 10.2 Å². The quantitative estimate of drug-likeness (QED) is 0.694. The zero-order valence-corrected chi connectivity index (χ0v) is 12.4. The van der Waals surface area contributed by atoms with Gasteiger partial charge in [-0.25, -0.2) is 0 Å². The molecule has 19 heavy (non-hydrogen) atoms. The number of nitrogens with zero attached hydrogens (tertiary/aromatic N) is 1. The molecule has 0 radical (unpaired) electrons. The maximum atomic E-state index is 9.86. The molecule has 4 nitrogen and oxygen atoms in total. The molecule has 1 unspecified atom stereocenters. The van der Waals surface area contributed by atoms with Crippen LogP contribution in [0.5, 0.6) is 5.75 Å². The van der Waals surface area contributed by atoms with Crippen LogP contribution in [0.15, 0.2) is 18.2 Å². The summed E-state index contributed by atoms with van der Waals surface area (Å²) < 4.78 is 5.71. The summed E-state index contributed by atoms with van der Waals surface area (Å²) in [7, 11) is 4.06. The van der Waals surface area contributed by atoms with Crippen LogP contribution in [0.1, 0.15) is 11.1 Å². The van der Waals surface area contributed by atoms with E-state index in [1.54, 1.807) is 0 Å². The monoisotopic (exact) mass is 266 g/mol. The van der Waals surface area contributed by atoms with Crippen molar-refractivity contribution in [2.75, 3.05) is 40.3 Å². The van der Waals surface area contributed by atoms with E-state index < -0.39 is 6.10 Å². The highest BCUT2D eigenvalue weighted by Gasteiger charge is 2.08. The predicted molar refractivity (Wildman–Crippen MR) is 78.8 cm³/mol. The molecular formula is C15H26N2O2. The molecule has 1 aromatic rings. The molecule has 0 saturated heterocycles. The van der Waals surface area contributed by atoms with Gasteiger partial charge < -0.3 is 20.1 Å². The minimum absolute atomic E-state index is 0.320. The van der Waals surface area contributed by atoms with Gasteiger partial charge in [-0.3, -0.25) is 0 Å². The zero-order valence-electron chi connectivity index (χ0n) is 12.4. The van der Waals surface area contributed by atoms with Crippen LogP contribution in [-0.4, -0.2) is 56.4 Å². The van der Waals surface area contributed by atoms with Gasteiger partial charge in [0.2, 0.25) is 0 Å². The van der Waals surface area contributed by atoms with Crippen molar-refractivity contribution < 1.29 is 9.84 Å². The Bertz CT molecular complexity index is 360. The molecule has 0 bridgehead atoms. The summed E-state index contributed by atoms with van der Waals surface area (Å²) in [5.74, 6) is 0.884. The molecule has 0 spiro atoms. The number of benzene rings is 1. The van der Waals surface area contributed by atoms with Crippen LogP contribution in [0.4, 0.5) is 0 Å². The summed E-state index contributed by atoms with van der Waals surface area (Å²) in [4.78, 5) is 2.10. The third kappa shape index (κ3) is 6.05. The average molecular weight is 266 g/mol. The van der Waals surface area contributed by atoms with Gasteiger partial charge in [-0.05, 0) is 39.1 Å². The van der Waals surface area contributed by atoms with Crippen molar-refractivity contribution in [1.29, 1.82) is 0 Å². The molecule has 2 N–H and O–H groups in total. The molecule has 108 valence electrons. The largest absolute Gasteiger partial charge is 0.490 e. The van der Waals surface area contributed by atoms with Gasteiger partial charge in [0, 0.05) is 19.6 Å². The maximum absolute atomic E-state index is 9.86. The molecule has 0 amide bonds. The van der Waals surface area contributed by atoms with Crippen LogP contribution in [0.2, 0.25) is 0 Å². The number of nitrogens with one attached hydrogen (secondary N) is 1. The Morgan fingerprint density at radius 1 is 1.26 bits per heavy atom. The third-order valence-corrected chi connectivity index (χ3v) is 2.94. The molecular weight excluding hydrogens is 240 g/mol. The topological polar surface area (TPSA) is 44.7 Å². The van der Waals surface area contributed by atoms with E-state index in [0.29, 0.717) is 13.2 Å². The van der Waals surface area contributed by atoms with Crippen LogP contribution in [0, 0.1) is 13.8 Å². The summed E-state index contributed by atoms with van der Waals surface area (Å²) >= 11 is 0. The number of aryl methyl sites for hydroxylation is 2. The summed E-state index contributed by atoms with van der Waals surface area (Å²) in [5.41, 5.74) is 2.21. The van der Waals surface area contributed by atoms with Gasteiger partial charge in [0.05, 0.1) is 0 Å². The fraction of sp³-hybridized carbons (Fsp3) is 0.600. The second-order valence-corrected chi connectivity index (χ2v) is 5.19. The first-order valence-corrected chi connectivity index (χ1v) is 6.73. The first-order valence-electron chi connectivity index (χ1n) is 6.73. The fourth-order valence-corrected chi connectivity index (χ4v) is 1.84. The van der Waals surface area contributed by atoms with E-state index >= 15 is 0 Å². The van der Waals surface area contributed by atoms with E-state index in [1.807, 2.05) is 46.1 Å². The molecule has 0 aliphatic carbocycles. The summed E-state index contributed by atoms with van der Waals surface area (Å²) in [6, 6.07) is 6.05. The first kappa shape index (κ1) is 16.0. The Balaban J connectivity index is 2.28. The highest BCUT2D eigenvalue weighted by Crippen LogP contribution is 2.22. The second-order valence-electron chi connectivity index (χ2n) is 5.19. The lowest BCUT2D eigenvalue weighted by molar-refractivity contribution is 0.105. The SMILES string of the molecule is Cc1cccc(C)c1OCC(O)CNCCN(C)C. The Morgan fingerprint density at radius 2 is 1.89 bits per heavy atom. The fourth-order valence-electron chi connectivity index (χ4n) is 1.84. The number of hydrogen-bond donors (Lipinski definition) is 2. The number of aliphatic hydroxyl groups excluding tert-OH is 1. The minimum atomic E-state index is -0.485. The van der Waals surface area contributed by atoms with Gasteiger partial charge in [-0.1, -0.05) is 18.2 Å². The van der Waals surface area contributed by atoms with Gasteiger partial charge in [-0.15, -0.1) is 0 Å². The molecule has 0 aliphatic heterocycles. The molecule has 1 aromatic carbocycles. The molecule has 0 aliphatic rings. The lowest BCUT2D eigenvalue weighted by Crippen LogP contribution is -2.35. The first-order chi connectivity index (χ1) is 9.00. The van der Waals surface area contributed by atoms with Crippen molar-refractivity contribution in [3.63, 3.8) is 0 Å². The predicted octanol–water partition coefficient (Wildman–Crippen LogP) is 1.19. The summed E-state index contributed by atoms with van der Waals surface area (Å²) in [6.45, 7) is 6.74. The van der Waals surface area contributed by atoms with E-state index in [1.165, 1.54) is 0 Å². The second kappa shape index (κ2) is 8.15. The van der Waals surface area contributed by atoms with Crippen molar-refractivity contribution in [3.05, 3.63) is 29.3 Å². The van der Waals surface area contributed by atoms with Gasteiger partial charge >= 0.3 is 0 Å². The molecule has 0 fully saturated rings. The number of ether oxygens (including phenoxy) is 1. The zero-order chi connectivity index (χ0) is 14.3. The number of rotatable bonds is 8. The summed E-state index contributed by atoms with van der Waals surface area (Å²) in [6.07, 6.45) is -0.485. The van der Waals surface area contributed by atoms with Crippen molar-refractivity contribution in [2.24, 2.45) is 0 Å². The standard InChI is InChI=1S/C15H26N2O2/c1-12-6-5-7-13(2)15(12)19-11-14(18)10-16-8-9-17(3)4/h5-7,14,16,18H,8-11H2,1-4H3. The van der Waals surface area contributed by atoms with Crippen molar-refractivity contribution in [1.82, 2.24) is 10.2 Å². The van der Waals surface area contributed by atoms with Gasteiger partial charge in [0.15, 0.2) is 0 Å². The van der Waals surface area contributed by atoms with E-state index in [9.17, 15) is 5.11 Å². The van der Waals surface area contributed by atoms with Gasteiger partial charge in [0.1, 0.15) is 18.5 Å². The summed E-state index contributed by atoms with van der Waals surface area (Å²) in [5, 5.41) is 13.1. The molecule has 0 aromatic heterocycles. The van der Waals surface area contributed by atoms with Gasteiger partial charge in [-0.2, -0.15) is 0 Å². The Hall–Kier alpha value is -1.10. The molecule has 1 atom stereocenters. The number of aliphatic hydroxyl groups is 1. The Labute approximate surface area is 116 Å². The van der Waals surface area contributed by atoms with Crippen molar-refractivity contribution in [2.45, 2.75) is 20.0 Å². The smallest absolute Gasteiger partial charge is 0.125 e. The molecule has 4 heteroatoms. The van der Waals surface area contributed by atoms with E-state index in [4.69, 9.17) is 4.74 Å². The number of hydrogen-bond acceptors (Lipinski definition) is 4. The van der Waals surface area contributed by atoms with Crippen LogP contribution in [0.3, 0.4) is 0 Å². The minimum Gasteiger partial charge on any atom is -0.490 e. The molecule has 1 rings (SSSR count). The maximum Gasteiger partial charge on any atom is 0.125 e. The normalized spacial score (nSPS) is 12.7. The number of para-hydroxylation sites is 1. The van der Waals surface area contributed by atoms with Crippen molar-refractivity contribution in [3.8, 4) is 5.75 Å². The van der Waals surface area contributed by atoms with Crippen LogP contribution >= 0.6 is 0 Å². The van der Waals surface area contributed by atoms with Crippen molar-refractivity contribution >= 4 is 0 Å². The highest BCUT2D eigenvalue weighted by molar-refractivity contribution is 5.39. The lowest BCUT2D eigenvalue weighted by Gasteiger charge is -2.16. The molecule has 0 saturated carbocycles. The van der Waals surface area contributed by atoms with Crippen LogP contribution < -0.4 is 10.1 Å². The van der Waals surface area contributed by atoms with Gasteiger partial charge in [0.25, 0.3) is 0 Å². The molecule has 0 heterocycles.